The van der Waals surface area contributed by atoms with E-state index in [1.54, 1.807) is 0 Å². The van der Waals surface area contributed by atoms with Gasteiger partial charge in [0.15, 0.2) is 0 Å². The quantitative estimate of drug-likeness (QED) is 0.722. The summed E-state index contributed by atoms with van der Waals surface area (Å²) in [4.78, 5) is 11.8. The fraction of sp³-hybridized carbons (Fsp3) is 0.611. The van der Waals surface area contributed by atoms with Crippen molar-refractivity contribution in [2.24, 2.45) is 0 Å². The highest BCUT2D eigenvalue weighted by Gasteiger charge is 2.30. The van der Waals surface area contributed by atoms with E-state index in [2.05, 4.69) is 48.7 Å². The lowest BCUT2D eigenvalue weighted by atomic mass is 10.00. The molecule has 1 aliphatic heterocycles. The van der Waals surface area contributed by atoms with Gasteiger partial charge < -0.3 is 15.7 Å². The average molecular weight is 304 g/mol. The molecule has 1 aromatic carbocycles. The number of nitrogens with one attached hydrogen (secondary N) is 2. The third-order valence-corrected chi connectivity index (χ3v) is 4.35. The Labute approximate surface area is 133 Å². The second-order valence-corrected chi connectivity index (χ2v) is 6.68. The van der Waals surface area contributed by atoms with E-state index in [0.717, 1.165) is 19.4 Å². The molecule has 2 rings (SSSR count). The van der Waals surface area contributed by atoms with E-state index in [4.69, 9.17) is 0 Å². The number of rotatable bonds is 7. The molecule has 0 aliphatic carbocycles. The van der Waals surface area contributed by atoms with Crippen molar-refractivity contribution in [3.05, 3.63) is 35.4 Å². The van der Waals surface area contributed by atoms with Crippen LogP contribution in [0.4, 0.5) is 0 Å². The van der Waals surface area contributed by atoms with Gasteiger partial charge in [-0.1, -0.05) is 38.1 Å². The van der Waals surface area contributed by atoms with E-state index in [9.17, 15) is 9.90 Å². The zero-order valence-electron chi connectivity index (χ0n) is 13.7. The zero-order chi connectivity index (χ0) is 16.0. The normalized spacial score (nSPS) is 21.3. The standard InChI is InChI=1S/C18H28N2O2/c1-14(2)16-8-6-15(7-9-16)4-3-5-17(21)20-13-18(22)10-11-19-12-18/h6-9,14,19,22H,3-5,10-13H2,1-2H3,(H,20,21)/t18-/m1/s1. The molecule has 1 aromatic rings. The molecule has 22 heavy (non-hydrogen) atoms. The molecule has 1 heterocycles. The topological polar surface area (TPSA) is 61.4 Å². The molecule has 0 spiro atoms. The summed E-state index contributed by atoms with van der Waals surface area (Å²) >= 11 is 0. The molecule has 1 saturated heterocycles. The van der Waals surface area contributed by atoms with Crippen LogP contribution in [-0.2, 0) is 11.2 Å². The summed E-state index contributed by atoms with van der Waals surface area (Å²) in [6.07, 6.45) is 2.96. The second kappa shape index (κ2) is 7.75. The Kier molecular flexibility index (Phi) is 5.98. The van der Waals surface area contributed by atoms with Gasteiger partial charge in [-0.2, -0.15) is 0 Å². The van der Waals surface area contributed by atoms with Crippen molar-refractivity contribution in [1.82, 2.24) is 10.6 Å². The first kappa shape index (κ1) is 17.0. The van der Waals surface area contributed by atoms with Gasteiger partial charge in [-0.15, -0.1) is 0 Å². The third kappa shape index (κ3) is 5.11. The van der Waals surface area contributed by atoms with Gasteiger partial charge in [0.1, 0.15) is 0 Å². The number of carbonyl (C=O) groups excluding carboxylic acids is 1. The van der Waals surface area contributed by atoms with E-state index in [1.165, 1.54) is 11.1 Å². The maximum Gasteiger partial charge on any atom is 0.220 e. The van der Waals surface area contributed by atoms with Crippen molar-refractivity contribution in [1.29, 1.82) is 0 Å². The first-order valence-electron chi connectivity index (χ1n) is 8.27. The smallest absolute Gasteiger partial charge is 0.220 e. The lowest BCUT2D eigenvalue weighted by Gasteiger charge is -2.21. The maximum absolute atomic E-state index is 11.8. The Hall–Kier alpha value is -1.39. The number of hydrogen-bond donors (Lipinski definition) is 3. The van der Waals surface area contributed by atoms with E-state index < -0.39 is 5.60 Å². The largest absolute Gasteiger partial charge is 0.387 e. The van der Waals surface area contributed by atoms with Gasteiger partial charge >= 0.3 is 0 Å². The van der Waals surface area contributed by atoms with Crippen molar-refractivity contribution in [3.8, 4) is 0 Å². The van der Waals surface area contributed by atoms with Crippen LogP contribution in [0.2, 0.25) is 0 Å². The molecule has 1 atom stereocenters. The summed E-state index contributed by atoms with van der Waals surface area (Å²) < 4.78 is 0. The lowest BCUT2D eigenvalue weighted by molar-refractivity contribution is -0.122. The fourth-order valence-electron chi connectivity index (χ4n) is 2.76. The number of aryl methyl sites for hydroxylation is 1. The van der Waals surface area contributed by atoms with Crippen LogP contribution in [-0.4, -0.2) is 36.2 Å². The van der Waals surface area contributed by atoms with Gasteiger partial charge in [0, 0.05) is 19.5 Å². The summed E-state index contributed by atoms with van der Waals surface area (Å²) in [5.74, 6) is 0.579. The van der Waals surface area contributed by atoms with Crippen molar-refractivity contribution in [2.45, 2.75) is 51.0 Å². The van der Waals surface area contributed by atoms with Gasteiger partial charge in [-0.25, -0.2) is 0 Å². The Bertz CT molecular complexity index is 476. The molecule has 122 valence electrons. The molecular weight excluding hydrogens is 276 g/mol. The molecule has 0 saturated carbocycles. The van der Waals surface area contributed by atoms with Crippen LogP contribution >= 0.6 is 0 Å². The van der Waals surface area contributed by atoms with Crippen LogP contribution in [0.25, 0.3) is 0 Å². The van der Waals surface area contributed by atoms with Gasteiger partial charge in [-0.3, -0.25) is 4.79 Å². The molecule has 0 unspecified atom stereocenters. The average Bonchev–Trinajstić information content (AvgIpc) is 2.93. The molecule has 0 bridgehead atoms. The Balaban J connectivity index is 1.66. The van der Waals surface area contributed by atoms with Crippen molar-refractivity contribution in [2.75, 3.05) is 19.6 Å². The summed E-state index contributed by atoms with van der Waals surface area (Å²) in [6, 6.07) is 8.64. The van der Waals surface area contributed by atoms with E-state index in [1.807, 2.05) is 0 Å². The minimum Gasteiger partial charge on any atom is -0.387 e. The minimum absolute atomic E-state index is 0.0270. The van der Waals surface area contributed by atoms with Crippen LogP contribution < -0.4 is 10.6 Å². The Morgan fingerprint density at radius 1 is 1.36 bits per heavy atom. The number of aliphatic hydroxyl groups is 1. The van der Waals surface area contributed by atoms with Crippen LogP contribution in [0.1, 0.15) is 50.2 Å². The fourth-order valence-corrected chi connectivity index (χ4v) is 2.76. The molecular formula is C18H28N2O2. The summed E-state index contributed by atoms with van der Waals surface area (Å²) in [5, 5.41) is 16.1. The molecule has 4 nitrogen and oxygen atoms in total. The molecule has 3 N–H and O–H groups in total. The molecule has 0 aromatic heterocycles. The van der Waals surface area contributed by atoms with E-state index in [0.29, 0.717) is 31.8 Å². The molecule has 1 aliphatic rings. The highest BCUT2D eigenvalue weighted by molar-refractivity contribution is 5.75. The Morgan fingerprint density at radius 3 is 2.68 bits per heavy atom. The predicted octanol–water partition coefficient (Wildman–Crippen LogP) is 1.97. The lowest BCUT2D eigenvalue weighted by Crippen LogP contribution is -2.44. The maximum atomic E-state index is 11.8. The van der Waals surface area contributed by atoms with Gasteiger partial charge in [-0.05, 0) is 42.9 Å². The number of amides is 1. The van der Waals surface area contributed by atoms with Gasteiger partial charge in [0.05, 0.1) is 5.60 Å². The molecule has 1 amide bonds. The summed E-state index contributed by atoms with van der Waals surface area (Å²) in [6.45, 7) is 6.11. The van der Waals surface area contributed by atoms with Gasteiger partial charge in [0.25, 0.3) is 0 Å². The van der Waals surface area contributed by atoms with E-state index in [-0.39, 0.29) is 5.91 Å². The number of benzene rings is 1. The first-order valence-corrected chi connectivity index (χ1v) is 8.27. The zero-order valence-corrected chi connectivity index (χ0v) is 13.7. The SMILES string of the molecule is CC(C)c1ccc(CCCC(=O)NC[C@@]2(O)CCNC2)cc1. The van der Waals surface area contributed by atoms with Gasteiger partial charge in [0.2, 0.25) is 5.91 Å². The van der Waals surface area contributed by atoms with Crippen LogP contribution in [0.5, 0.6) is 0 Å². The van der Waals surface area contributed by atoms with Crippen molar-refractivity contribution in [3.63, 3.8) is 0 Å². The third-order valence-electron chi connectivity index (χ3n) is 4.35. The van der Waals surface area contributed by atoms with Crippen LogP contribution in [0.15, 0.2) is 24.3 Å². The molecule has 0 radical (unpaired) electrons. The highest BCUT2D eigenvalue weighted by atomic mass is 16.3. The molecule has 4 heteroatoms. The minimum atomic E-state index is -0.762. The number of β-amino-alcohol motifs (C(OH)–C–C–N with tert-alkyl or cyclic N) is 1. The number of carbonyl (C=O) groups is 1. The van der Waals surface area contributed by atoms with Crippen molar-refractivity contribution < 1.29 is 9.90 Å². The van der Waals surface area contributed by atoms with Crippen LogP contribution in [0, 0.1) is 0 Å². The summed E-state index contributed by atoms with van der Waals surface area (Å²) in [5.41, 5.74) is 1.86. The summed E-state index contributed by atoms with van der Waals surface area (Å²) in [7, 11) is 0. The monoisotopic (exact) mass is 304 g/mol. The second-order valence-electron chi connectivity index (χ2n) is 6.68. The number of hydrogen-bond acceptors (Lipinski definition) is 3. The van der Waals surface area contributed by atoms with E-state index >= 15 is 0 Å². The first-order chi connectivity index (χ1) is 10.5. The Morgan fingerprint density at radius 2 is 2.09 bits per heavy atom. The highest BCUT2D eigenvalue weighted by Crippen LogP contribution is 2.16. The molecule has 1 fully saturated rings. The van der Waals surface area contributed by atoms with Crippen LogP contribution in [0.3, 0.4) is 0 Å². The predicted molar refractivity (Wildman–Crippen MR) is 88.9 cm³/mol. The van der Waals surface area contributed by atoms with Crippen molar-refractivity contribution >= 4 is 5.91 Å².